The van der Waals surface area contributed by atoms with Gasteiger partial charge in [-0.25, -0.2) is 4.79 Å². The van der Waals surface area contributed by atoms with Crippen molar-refractivity contribution in [3.8, 4) is 0 Å². The number of urea groups is 1. The maximum atomic E-state index is 11.8. The molecule has 21 heavy (non-hydrogen) atoms. The smallest absolute Gasteiger partial charge is 0.314 e. The number of hydrogen-bond donors (Lipinski definition) is 3. The predicted molar refractivity (Wildman–Crippen MR) is 83.1 cm³/mol. The molecule has 0 spiro atoms. The van der Waals surface area contributed by atoms with E-state index in [1.807, 2.05) is 13.8 Å². The minimum atomic E-state index is -0.842. The fraction of sp³-hybridized carbons (Fsp3) is 0.875. The lowest BCUT2D eigenvalue weighted by atomic mass is 9.82. The van der Waals surface area contributed by atoms with Gasteiger partial charge >= 0.3 is 12.0 Å². The largest absolute Gasteiger partial charge is 0.481 e. The fourth-order valence-electron chi connectivity index (χ4n) is 3.10. The third-order valence-corrected chi connectivity index (χ3v) is 4.21. The molecule has 0 aromatic heterocycles. The number of rotatable bonds is 7. The molecule has 1 rings (SSSR count). The Balaban J connectivity index is 2.24. The Morgan fingerprint density at radius 3 is 2.52 bits per heavy atom. The molecule has 3 N–H and O–H groups in total. The van der Waals surface area contributed by atoms with Gasteiger partial charge in [-0.1, -0.05) is 33.6 Å². The summed E-state index contributed by atoms with van der Waals surface area (Å²) >= 11 is 0. The Morgan fingerprint density at radius 2 is 1.95 bits per heavy atom. The maximum absolute atomic E-state index is 11.8. The minimum absolute atomic E-state index is 0.195. The van der Waals surface area contributed by atoms with Crippen molar-refractivity contribution < 1.29 is 14.7 Å². The van der Waals surface area contributed by atoms with E-state index in [2.05, 4.69) is 17.6 Å². The van der Waals surface area contributed by atoms with Gasteiger partial charge in [0.1, 0.15) is 0 Å². The molecule has 0 bridgehead atoms. The molecule has 0 saturated heterocycles. The second kappa shape index (κ2) is 8.90. The van der Waals surface area contributed by atoms with Crippen molar-refractivity contribution in [1.82, 2.24) is 10.6 Å². The van der Waals surface area contributed by atoms with E-state index in [0.29, 0.717) is 24.8 Å². The van der Waals surface area contributed by atoms with Crippen LogP contribution in [0.3, 0.4) is 0 Å². The second-order valence-corrected chi connectivity index (χ2v) is 6.89. The first-order valence-electron chi connectivity index (χ1n) is 8.13. The Labute approximate surface area is 127 Å². The van der Waals surface area contributed by atoms with E-state index in [1.54, 1.807) is 0 Å². The van der Waals surface area contributed by atoms with Gasteiger partial charge in [-0.2, -0.15) is 0 Å². The van der Waals surface area contributed by atoms with Crippen LogP contribution in [0.4, 0.5) is 4.79 Å². The molecule has 3 atom stereocenters. The molecule has 2 amide bonds. The Hall–Kier alpha value is -1.26. The van der Waals surface area contributed by atoms with Gasteiger partial charge in [-0.3, -0.25) is 4.79 Å². The number of carbonyl (C=O) groups excluding carboxylic acids is 1. The van der Waals surface area contributed by atoms with Crippen LogP contribution in [0.1, 0.15) is 52.9 Å². The molecule has 1 fully saturated rings. The summed E-state index contributed by atoms with van der Waals surface area (Å²) in [4.78, 5) is 22.9. The molecule has 0 aromatic rings. The van der Waals surface area contributed by atoms with Crippen LogP contribution in [-0.2, 0) is 4.79 Å². The number of carboxylic acid groups (broad SMARTS) is 1. The fourth-order valence-corrected chi connectivity index (χ4v) is 3.10. The lowest BCUT2D eigenvalue weighted by Gasteiger charge is -2.26. The van der Waals surface area contributed by atoms with Gasteiger partial charge in [-0.05, 0) is 37.0 Å². The molecule has 0 aromatic carbocycles. The van der Waals surface area contributed by atoms with E-state index in [1.165, 1.54) is 25.7 Å². The molecule has 0 heterocycles. The summed E-state index contributed by atoms with van der Waals surface area (Å²) in [7, 11) is 0. The van der Waals surface area contributed by atoms with Crippen LogP contribution in [0.2, 0.25) is 0 Å². The maximum Gasteiger partial charge on any atom is 0.314 e. The second-order valence-electron chi connectivity index (χ2n) is 6.89. The van der Waals surface area contributed by atoms with E-state index in [4.69, 9.17) is 5.11 Å². The van der Waals surface area contributed by atoms with Crippen LogP contribution in [0.5, 0.6) is 0 Å². The zero-order valence-electron chi connectivity index (χ0n) is 13.5. The standard InChI is InChI=1S/C16H30N2O3/c1-11(2)7-14(15(19)20)10-18-16(21)17-9-13-6-4-5-12(3)8-13/h11-14H,4-10H2,1-3H3,(H,19,20)(H2,17,18,21). The van der Waals surface area contributed by atoms with Crippen LogP contribution in [-0.4, -0.2) is 30.2 Å². The number of carboxylic acids is 1. The van der Waals surface area contributed by atoms with Gasteiger partial charge < -0.3 is 15.7 Å². The zero-order chi connectivity index (χ0) is 15.8. The van der Waals surface area contributed by atoms with E-state index in [-0.39, 0.29) is 12.6 Å². The van der Waals surface area contributed by atoms with Gasteiger partial charge in [-0.15, -0.1) is 0 Å². The van der Waals surface area contributed by atoms with E-state index >= 15 is 0 Å². The summed E-state index contributed by atoms with van der Waals surface area (Å²) in [5, 5.41) is 14.7. The van der Waals surface area contributed by atoms with E-state index in [9.17, 15) is 9.59 Å². The molecule has 0 radical (unpaired) electrons. The molecule has 0 aliphatic heterocycles. The summed E-state index contributed by atoms with van der Waals surface area (Å²) in [6, 6.07) is -0.247. The Kier molecular flexibility index (Phi) is 7.54. The summed E-state index contributed by atoms with van der Waals surface area (Å²) in [6.07, 6.45) is 5.46. The summed E-state index contributed by atoms with van der Waals surface area (Å²) < 4.78 is 0. The van der Waals surface area contributed by atoms with Crippen LogP contribution < -0.4 is 10.6 Å². The van der Waals surface area contributed by atoms with Crippen molar-refractivity contribution in [1.29, 1.82) is 0 Å². The lowest BCUT2D eigenvalue weighted by Crippen LogP contribution is -2.42. The quantitative estimate of drug-likeness (QED) is 0.676. The van der Waals surface area contributed by atoms with Gasteiger partial charge in [0.2, 0.25) is 0 Å². The van der Waals surface area contributed by atoms with E-state index in [0.717, 1.165) is 5.92 Å². The number of carbonyl (C=O) groups is 2. The molecule has 1 saturated carbocycles. The Morgan fingerprint density at radius 1 is 1.24 bits per heavy atom. The van der Waals surface area contributed by atoms with Gasteiger partial charge in [0, 0.05) is 13.1 Å². The van der Waals surface area contributed by atoms with Crippen LogP contribution in [0.25, 0.3) is 0 Å². The minimum Gasteiger partial charge on any atom is -0.481 e. The third-order valence-electron chi connectivity index (χ3n) is 4.21. The van der Waals surface area contributed by atoms with Crippen LogP contribution in [0, 0.1) is 23.7 Å². The molecule has 1 aliphatic rings. The highest BCUT2D eigenvalue weighted by Gasteiger charge is 2.21. The monoisotopic (exact) mass is 298 g/mol. The SMILES string of the molecule is CC(C)CC(CNC(=O)NCC1CCCC(C)C1)C(=O)O. The first-order chi connectivity index (χ1) is 9.88. The number of nitrogens with one attached hydrogen (secondary N) is 2. The van der Waals surface area contributed by atoms with Crippen molar-refractivity contribution in [3.63, 3.8) is 0 Å². The molecule has 3 unspecified atom stereocenters. The lowest BCUT2D eigenvalue weighted by molar-refractivity contribution is -0.142. The number of hydrogen-bond acceptors (Lipinski definition) is 2. The molecular formula is C16H30N2O3. The first-order valence-corrected chi connectivity index (χ1v) is 8.13. The first kappa shape index (κ1) is 17.8. The summed E-state index contributed by atoms with van der Waals surface area (Å²) in [6.45, 7) is 7.12. The van der Waals surface area contributed by atoms with Crippen molar-refractivity contribution in [3.05, 3.63) is 0 Å². The summed E-state index contributed by atoms with van der Waals surface area (Å²) in [5.41, 5.74) is 0. The topological polar surface area (TPSA) is 78.4 Å². The average Bonchev–Trinajstić information content (AvgIpc) is 2.40. The van der Waals surface area contributed by atoms with Gasteiger partial charge in [0.05, 0.1) is 5.92 Å². The van der Waals surface area contributed by atoms with E-state index < -0.39 is 11.9 Å². The van der Waals surface area contributed by atoms with Crippen LogP contribution in [0.15, 0.2) is 0 Å². The van der Waals surface area contributed by atoms with Gasteiger partial charge in [0.25, 0.3) is 0 Å². The highest BCUT2D eigenvalue weighted by Crippen LogP contribution is 2.27. The average molecular weight is 298 g/mol. The molecule has 122 valence electrons. The summed E-state index contributed by atoms with van der Waals surface area (Å²) in [5.74, 6) is 0.261. The predicted octanol–water partition coefficient (Wildman–Crippen LogP) is 2.86. The number of amides is 2. The molecular weight excluding hydrogens is 268 g/mol. The Bertz CT molecular complexity index is 344. The normalized spacial score (nSPS) is 23.6. The third kappa shape index (κ3) is 7.34. The zero-order valence-corrected chi connectivity index (χ0v) is 13.5. The molecule has 1 aliphatic carbocycles. The van der Waals surface area contributed by atoms with Crippen molar-refractivity contribution >= 4 is 12.0 Å². The van der Waals surface area contributed by atoms with Crippen molar-refractivity contribution in [2.75, 3.05) is 13.1 Å². The number of aliphatic carboxylic acids is 1. The van der Waals surface area contributed by atoms with Crippen molar-refractivity contribution in [2.24, 2.45) is 23.7 Å². The van der Waals surface area contributed by atoms with Gasteiger partial charge in [0.15, 0.2) is 0 Å². The highest BCUT2D eigenvalue weighted by atomic mass is 16.4. The van der Waals surface area contributed by atoms with Crippen molar-refractivity contribution in [2.45, 2.75) is 52.9 Å². The molecule has 5 heteroatoms. The molecule has 5 nitrogen and oxygen atoms in total. The highest BCUT2D eigenvalue weighted by molar-refractivity contribution is 5.75. The van der Waals surface area contributed by atoms with Crippen LogP contribution >= 0.6 is 0 Å².